The van der Waals surface area contributed by atoms with Crippen molar-refractivity contribution in [2.45, 2.75) is 6.92 Å². The Morgan fingerprint density at radius 2 is 2.27 bits per heavy atom. The number of amidine groups is 1. The Hall–Kier alpha value is -1.09. The molecule has 0 radical (unpaired) electrons. The molecular weight excluding hydrogens is 162 g/mol. The molecule has 0 atom stereocenters. The van der Waals surface area contributed by atoms with Crippen LogP contribution in [0.15, 0.2) is 28.4 Å². The number of hydrogen-bond donors (Lipinski definition) is 2. The summed E-state index contributed by atoms with van der Waals surface area (Å²) < 4.78 is 0. The Balaban J connectivity index is 4.58. The van der Waals surface area contributed by atoms with E-state index in [2.05, 4.69) is 11.6 Å². The fourth-order valence-corrected chi connectivity index (χ4v) is 0.591. The van der Waals surface area contributed by atoms with Crippen LogP contribution in [0, 0.1) is 5.41 Å². The summed E-state index contributed by atoms with van der Waals surface area (Å²) in [5.41, 5.74) is 5.96. The van der Waals surface area contributed by atoms with Crippen LogP contribution < -0.4 is 5.73 Å². The monoisotopic (exact) mass is 171 g/mol. The van der Waals surface area contributed by atoms with Gasteiger partial charge in [-0.15, -0.1) is 0 Å². The average molecular weight is 172 g/mol. The summed E-state index contributed by atoms with van der Waals surface area (Å²) in [6.07, 6.45) is 2.78. The highest BCUT2D eigenvalue weighted by Crippen LogP contribution is 2.00. The first-order chi connectivity index (χ1) is 5.11. The van der Waals surface area contributed by atoms with E-state index in [0.29, 0.717) is 5.57 Å². The smallest absolute Gasteiger partial charge is 0.133 e. The van der Waals surface area contributed by atoms with Crippen molar-refractivity contribution in [1.82, 2.24) is 0 Å². The zero-order valence-corrected chi connectivity index (χ0v) is 7.02. The lowest BCUT2D eigenvalue weighted by Crippen LogP contribution is -2.15. The molecule has 3 nitrogen and oxygen atoms in total. The lowest BCUT2D eigenvalue weighted by Gasteiger charge is -1.97. The van der Waals surface area contributed by atoms with Crippen LogP contribution in [0.2, 0.25) is 0 Å². The van der Waals surface area contributed by atoms with Crippen molar-refractivity contribution in [2.24, 2.45) is 10.7 Å². The molecule has 0 spiro atoms. The van der Waals surface area contributed by atoms with Gasteiger partial charge in [0.1, 0.15) is 11.0 Å². The minimum Gasteiger partial charge on any atom is -0.383 e. The zero-order chi connectivity index (χ0) is 8.85. The molecule has 0 aromatic rings. The van der Waals surface area contributed by atoms with Crippen LogP contribution in [0.1, 0.15) is 6.92 Å². The summed E-state index contributed by atoms with van der Waals surface area (Å²) >= 11 is 5.37. The molecule has 0 heterocycles. The van der Waals surface area contributed by atoms with Crippen molar-refractivity contribution in [3.63, 3.8) is 0 Å². The molecule has 0 saturated heterocycles. The van der Waals surface area contributed by atoms with Crippen molar-refractivity contribution < 1.29 is 0 Å². The van der Waals surface area contributed by atoms with E-state index in [1.807, 2.05) is 0 Å². The summed E-state index contributed by atoms with van der Waals surface area (Å²) in [4.78, 5) is 3.67. The van der Waals surface area contributed by atoms with E-state index in [9.17, 15) is 0 Å². The lowest BCUT2D eigenvalue weighted by molar-refractivity contribution is 1.45. The standard InChI is InChI=1S/C7H10ClN3/c1-3-6(4-9)7(10)11-5(2)8/h3-4,9H,2H2,1H3,(H2,10,11)/b6-3-,9-4?. The van der Waals surface area contributed by atoms with Crippen LogP contribution in [0.25, 0.3) is 0 Å². The molecule has 11 heavy (non-hydrogen) atoms. The van der Waals surface area contributed by atoms with E-state index in [4.69, 9.17) is 22.7 Å². The number of halogens is 1. The molecule has 0 aliphatic rings. The number of allylic oxidation sites excluding steroid dienone is 1. The minimum absolute atomic E-state index is 0.115. The Morgan fingerprint density at radius 3 is 2.55 bits per heavy atom. The van der Waals surface area contributed by atoms with E-state index in [1.54, 1.807) is 13.0 Å². The topological polar surface area (TPSA) is 62.2 Å². The van der Waals surface area contributed by atoms with Gasteiger partial charge in [0.2, 0.25) is 0 Å². The summed E-state index contributed by atoms with van der Waals surface area (Å²) in [6, 6.07) is 0. The molecule has 60 valence electrons. The van der Waals surface area contributed by atoms with E-state index in [0.717, 1.165) is 6.21 Å². The SMILES string of the molecule is C=C(Cl)/N=C(N)\C(C=N)=C/C. The predicted molar refractivity (Wildman–Crippen MR) is 49.2 cm³/mol. The second-order valence-corrected chi connectivity index (χ2v) is 2.20. The summed E-state index contributed by atoms with van der Waals surface area (Å²) in [7, 11) is 0. The first-order valence-electron chi connectivity index (χ1n) is 2.97. The van der Waals surface area contributed by atoms with Crippen molar-refractivity contribution in [1.29, 1.82) is 5.41 Å². The Morgan fingerprint density at radius 1 is 1.73 bits per heavy atom. The molecular formula is C7H10ClN3. The van der Waals surface area contributed by atoms with Gasteiger partial charge >= 0.3 is 0 Å². The quantitative estimate of drug-likeness (QED) is 0.379. The maximum Gasteiger partial charge on any atom is 0.133 e. The van der Waals surface area contributed by atoms with Gasteiger partial charge in [0.25, 0.3) is 0 Å². The fourth-order valence-electron chi connectivity index (χ4n) is 0.500. The molecule has 4 heteroatoms. The minimum atomic E-state index is 0.115. The van der Waals surface area contributed by atoms with Gasteiger partial charge in [0.05, 0.1) is 0 Å². The normalized spacial score (nSPS) is 12.9. The molecule has 0 bridgehead atoms. The van der Waals surface area contributed by atoms with Crippen LogP contribution in [-0.4, -0.2) is 12.1 Å². The molecule has 3 N–H and O–H groups in total. The highest BCUT2D eigenvalue weighted by Gasteiger charge is 1.96. The maximum atomic E-state index is 6.91. The van der Waals surface area contributed by atoms with E-state index in [-0.39, 0.29) is 11.0 Å². The van der Waals surface area contributed by atoms with Crippen LogP contribution in [0.4, 0.5) is 0 Å². The van der Waals surface area contributed by atoms with Gasteiger partial charge in [-0.1, -0.05) is 24.3 Å². The highest BCUT2D eigenvalue weighted by atomic mass is 35.5. The largest absolute Gasteiger partial charge is 0.383 e. The van der Waals surface area contributed by atoms with Crippen LogP contribution in [-0.2, 0) is 0 Å². The molecule has 0 amide bonds. The van der Waals surface area contributed by atoms with Crippen LogP contribution in [0.3, 0.4) is 0 Å². The van der Waals surface area contributed by atoms with E-state index >= 15 is 0 Å². The van der Waals surface area contributed by atoms with Crippen LogP contribution >= 0.6 is 11.6 Å². The summed E-state index contributed by atoms with van der Waals surface area (Å²) in [5, 5.41) is 7.02. The molecule has 0 unspecified atom stereocenters. The van der Waals surface area contributed by atoms with Crippen LogP contribution in [0.5, 0.6) is 0 Å². The first kappa shape index (κ1) is 9.91. The molecule has 0 aromatic carbocycles. The molecule has 0 saturated carbocycles. The number of nitrogens with zero attached hydrogens (tertiary/aromatic N) is 1. The highest BCUT2D eigenvalue weighted by molar-refractivity contribution is 6.30. The Labute approximate surface area is 70.8 Å². The van der Waals surface area contributed by atoms with Gasteiger partial charge in [-0.2, -0.15) is 0 Å². The van der Waals surface area contributed by atoms with Gasteiger partial charge in [-0.25, -0.2) is 4.99 Å². The number of hydrogen-bond acceptors (Lipinski definition) is 2. The summed E-state index contributed by atoms with van der Waals surface area (Å²) in [5.74, 6) is 0.211. The van der Waals surface area contributed by atoms with Crippen molar-refractivity contribution in [2.75, 3.05) is 0 Å². The predicted octanol–water partition coefficient (Wildman–Crippen LogP) is 1.65. The van der Waals surface area contributed by atoms with Gasteiger partial charge in [0.15, 0.2) is 0 Å². The lowest BCUT2D eigenvalue weighted by atomic mass is 10.2. The van der Waals surface area contributed by atoms with Gasteiger partial charge < -0.3 is 11.1 Å². The molecule has 0 fully saturated rings. The third-order valence-electron chi connectivity index (χ3n) is 1.00. The van der Waals surface area contributed by atoms with E-state index < -0.39 is 0 Å². The number of nitrogens with two attached hydrogens (primary N) is 1. The number of nitrogens with one attached hydrogen (secondary N) is 1. The molecule has 0 aliphatic heterocycles. The zero-order valence-electron chi connectivity index (χ0n) is 6.26. The third kappa shape index (κ3) is 3.57. The van der Waals surface area contributed by atoms with Gasteiger partial charge in [-0.3, -0.25) is 0 Å². The second kappa shape index (κ2) is 4.68. The van der Waals surface area contributed by atoms with Gasteiger partial charge in [-0.05, 0) is 6.92 Å². The summed E-state index contributed by atoms with van der Waals surface area (Å²) in [6.45, 7) is 5.11. The van der Waals surface area contributed by atoms with Crippen molar-refractivity contribution in [3.05, 3.63) is 23.4 Å². The average Bonchev–Trinajstić information content (AvgIpc) is 1.88. The Kier molecular flexibility index (Phi) is 4.22. The molecule has 0 rings (SSSR count). The number of aliphatic imine (C=N–C) groups is 1. The van der Waals surface area contributed by atoms with Crippen molar-refractivity contribution >= 4 is 23.7 Å². The van der Waals surface area contributed by atoms with Crippen molar-refractivity contribution in [3.8, 4) is 0 Å². The second-order valence-electron chi connectivity index (χ2n) is 1.76. The Bertz CT molecular complexity index is 228. The maximum absolute atomic E-state index is 6.91. The van der Waals surface area contributed by atoms with E-state index in [1.165, 1.54) is 0 Å². The third-order valence-corrected chi connectivity index (χ3v) is 1.09. The molecule has 0 aromatic heterocycles. The van der Waals surface area contributed by atoms with Gasteiger partial charge in [0, 0.05) is 11.8 Å². The first-order valence-corrected chi connectivity index (χ1v) is 3.35. The molecule has 0 aliphatic carbocycles. The number of rotatable bonds is 3. The fraction of sp³-hybridized carbons (Fsp3) is 0.143.